The van der Waals surface area contributed by atoms with Crippen LogP contribution in [0.15, 0.2) is 48.0 Å². The van der Waals surface area contributed by atoms with E-state index in [1.807, 2.05) is 0 Å². The molecule has 156 valence electrons. The van der Waals surface area contributed by atoms with E-state index in [0.29, 0.717) is 10.9 Å². The average Bonchev–Trinajstić information content (AvgIpc) is 3.36. The van der Waals surface area contributed by atoms with Gasteiger partial charge in [0.1, 0.15) is 10.6 Å². The van der Waals surface area contributed by atoms with Crippen LogP contribution in [0, 0.1) is 0 Å². The second-order valence-corrected chi connectivity index (χ2v) is 7.87. The van der Waals surface area contributed by atoms with Crippen molar-refractivity contribution in [2.45, 2.75) is 11.3 Å². The first-order valence-corrected chi connectivity index (χ1v) is 9.95. The van der Waals surface area contributed by atoms with Gasteiger partial charge in [-0.15, -0.1) is 0 Å². The molecule has 13 heteroatoms. The summed E-state index contributed by atoms with van der Waals surface area (Å²) in [5, 5.41) is 8.64. The SMILES string of the molecule is COc1ncc2cnn(C)c2c1NS(=O)(=O)c1cnn(-c2cc(C(F)F)ccn2)c1. The Labute approximate surface area is 169 Å². The third kappa shape index (κ3) is 3.43. The van der Waals surface area contributed by atoms with Crippen molar-refractivity contribution >= 4 is 26.6 Å². The van der Waals surface area contributed by atoms with Gasteiger partial charge in [-0.25, -0.2) is 31.8 Å². The van der Waals surface area contributed by atoms with E-state index in [-0.39, 0.29) is 27.8 Å². The molecule has 0 aromatic carbocycles. The fraction of sp³-hybridized carbons (Fsp3) is 0.176. The molecule has 0 spiro atoms. The number of halogens is 2. The van der Waals surface area contributed by atoms with E-state index in [9.17, 15) is 17.2 Å². The summed E-state index contributed by atoms with van der Waals surface area (Å²) in [4.78, 5) is 7.84. The molecule has 10 nitrogen and oxygen atoms in total. The number of fused-ring (bicyclic) bond motifs is 1. The monoisotopic (exact) mass is 435 g/mol. The van der Waals surface area contributed by atoms with Crippen LogP contribution in [0.4, 0.5) is 14.5 Å². The molecule has 4 aromatic heterocycles. The first kappa shape index (κ1) is 19.7. The van der Waals surface area contributed by atoms with Crippen LogP contribution >= 0.6 is 0 Å². The molecule has 30 heavy (non-hydrogen) atoms. The van der Waals surface area contributed by atoms with E-state index in [2.05, 4.69) is 24.9 Å². The number of rotatable bonds is 6. The molecule has 0 aliphatic heterocycles. The number of hydrogen-bond donors (Lipinski definition) is 1. The zero-order valence-electron chi connectivity index (χ0n) is 15.7. The highest BCUT2D eigenvalue weighted by Crippen LogP contribution is 2.32. The Morgan fingerprint density at radius 3 is 2.70 bits per heavy atom. The molecule has 0 bridgehead atoms. The van der Waals surface area contributed by atoms with Gasteiger partial charge in [0.2, 0.25) is 5.88 Å². The molecular weight excluding hydrogens is 420 g/mol. The van der Waals surface area contributed by atoms with Crippen LogP contribution in [-0.4, -0.2) is 45.1 Å². The topological polar surface area (TPSA) is 117 Å². The summed E-state index contributed by atoms with van der Waals surface area (Å²) in [5.74, 6) is 0.121. The molecule has 0 saturated heterocycles. The Morgan fingerprint density at radius 1 is 1.17 bits per heavy atom. The Bertz CT molecular complexity index is 1330. The smallest absolute Gasteiger partial charge is 0.265 e. The van der Waals surface area contributed by atoms with Gasteiger partial charge in [-0.05, 0) is 12.1 Å². The molecule has 4 rings (SSSR count). The second-order valence-electron chi connectivity index (χ2n) is 6.19. The van der Waals surface area contributed by atoms with Crippen molar-refractivity contribution in [2.75, 3.05) is 11.8 Å². The van der Waals surface area contributed by atoms with E-state index < -0.39 is 16.4 Å². The highest BCUT2D eigenvalue weighted by atomic mass is 32.2. The van der Waals surface area contributed by atoms with Gasteiger partial charge in [-0.2, -0.15) is 10.2 Å². The molecule has 0 atom stereocenters. The number of aromatic nitrogens is 6. The van der Waals surface area contributed by atoms with Crippen molar-refractivity contribution in [3.05, 3.63) is 48.7 Å². The van der Waals surface area contributed by atoms with Crippen LogP contribution in [0.5, 0.6) is 5.88 Å². The third-order valence-corrected chi connectivity index (χ3v) is 5.60. The van der Waals surface area contributed by atoms with Gasteiger partial charge in [0, 0.05) is 30.4 Å². The van der Waals surface area contributed by atoms with Crippen molar-refractivity contribution in [1.29, 1.82) is 0 Å². The second kappa shape index (κ2) is 7.33. The van der Waals surface area contributed by atoms with Gasteiger partial charge < -0.3 is 4.74 Å². The lowest BCUT2D eigenvalue weighted by atomic mass is 10.3. The number of aryl methyl sites for hydroxylation is 1. The first-order chi connectivity index (χ1) is 14.3. The Morgan fingerprint density at radius 2 is 1.97 bits per heavy atom. The molecule has 1 N–H and O–H groups in total. The first-order valence-electron chi connectivity index (χ1n) is 8.47. The predicted octanol–water partition coefficient (Wildman–Crippen LogP) is 2.30. The lowest BCUT2D eigenvalue weighted by molar-refractivity contribution is 0.151. The fourth-order valence-electron chi connectivity index (χ4n) is 2.85. The van der Waals surface area contributed by atoms with Crippen LogP contribution in [0.25, 0.3) is 16.7 Å². The highest BCUT2D eigenvalue weighted by Gasteiger charge is 2.23. The van der Waals surface area contributed by atoms with Crippen LogP contribution in [0.1, 0.15) is 12.0 Å². The maximum absolute atomic E-state index is 12.9. The van der Waals surface area contributed by atoms with E-state index >= 15 is 0 Å². The normalized spacial score (nSPS) is 11.9. The van der Waals surface area contributed by atoms with Crippen LogP contribution in [0.3, 0.4) is 0 Å². The summed E-state index contributed by atoms with van der Waals surface area (Å²) < 4.78 is 62.0. The average molecular weight is 435 g/mol. The molecule has 0 radical (unpaired) electrons. The summed E-state index contributed by atoms with van der Waals surface area (Å²) in [6, 6.07) is 2.30. The standard InChI is InChI=1S/C17H15F2N7O3S/c1-25-15-11(7-22-25)6-21-17(29-2)14(15)24-30(27,28)12-8-23-26(9-12)13-5-10(16(18)19)3-4-20-13/h3-9,16,24H,1-2H3. The Hall–Kier alpha value is -3.61. The minimum absolute atomic E-state index is 0.0576. The number of alkyl halides is 2. The number of hydrogen-bond acceptors (Lipinski definition) is 7. The zero-order valence-corrected chi connectivity index (χ0v) is 16.5. The van der Waals surface area contributed by atoms with Crippen molar-refractivity contribution in [3.63, 3.8) is 0 Å². The minimum Gasteiger partial charge on any atom is -0.479 e. The van der Waals surface area contributed by atoms with Crippen molar-refractivity contribution in [3.8, 4) is 11.7 Å². The number of anilines is 1. The van der Waals surface area contributed by atoms with Gasteiger partial charge in [-0.3, -0.25) is 9.40 Å². The summed E-state index contributed by atoms with van der Waals surface area (Å²) in [5.41, 5.74) is 0.335. The Kier molecular flexibility index (Phi) is 4.81. The lowest BCUT2D eigenvalue weighted by Gasteiger charge is -2.12. The van der Waals surface area contributed by atoms with E-state index in [1.54, 1.807) is 13.2 Å². The number of ether oxygens (including phenoxy) is 1. The fourth-order valence-corrected chi connectivity index (χ4v) is 3.85. The largest absolute Gasteiger partial charge is 0.479 e. The van der Waals surface area contributed by atoms with Crippen LogP contribution in [-0.2, 0) is 17.1 Å². The maximum atomic E-state index is 12.9. The van der Waals surface area contributed by atoms with E-state index in [0.717, 1.165) is 16.9 Å². The number of nitrogens with one attached hydrogen (secondary N) is 1. The number of sulfonamides is 1. The number of methoxy groups -OCH3 is 1. The molecule has 0 saturated carbocycles. The predicted molar refractivity (Wildman–Crippen MR) is 102 cm³/mol. The van der Waals surface area contributed by atoms with Crippen molar-refractivity contribution in [2.24, 2.45) is 7.05 Å². The summed E-state index contributed by atoms with van der Waals surface area (Å²) in [6.45, 7) is 0. The quantitative estimate of drug-likeness (QED) is 0.494. The number of nitrogens with zero attached hydrogens (tertiary/aromatic N) is 6. The van der Waals surface area contributed by atoms with Gasteiger partial charge >= 0.3 is 0 Å². The molecule has 0 aliphatic rings. The number of pyridine rings is 2. The summed E-state index contributed by atoms with van der Waals surface area (Å²) in [7, 11) is -1.10. The molecular formula is C17H15F2N7O3S. The molecule has 0 unspecified atom stereocenters. The molecule has 4 aromatic rings. The molecule has 4 heterocycles. The van der Waals surface area contributed by atoms with Crippen molar-refractivity contribution < 1.29 is 21.9 Å². The van der Waals surface area contributed by atoms with Gasteiger partial charge in [0.05, 0.1) is 31.2 Å². The Balaban J connectivity index is 1.72. The lowest BCUT2D eigenvalue weighted by Crippen LogP contribution is -2.14. The van der Waals surface area contributed by atoms with Gasteiger partial charge in [0.25, 0.3) is 16.4 Å². The van der Waals surface area contributed by atoms with E-state index in [1.165, 1.54) is 36.4 Å². The summed E-state index contributed by atoms with van der Waals surface area (Å²) in [6.07, 6.45) is 3.82. The molecule has 0 aliphatic carbocycles. The van der Waals surface area contributed by atoms with E-state index in [4.69, 9.17) is 4.74 Å². The zero-order chi connectivity index (χ0) is 21.5. The maximum Gasteiger partial charge on any atom is 0.265 e. The third-order valence-electron chi connectivity index (χ3n) is 4.29. The minimum atomic E-state index is -4.12. The molecule has 0 amide bonds. The van der Waals surface area contributed by atoms with Crippen molar-refractivity contribution in [1.82, 2.24) is 29.5 Å². The summed E-state index contributed by atoms with van der Waals surface area (Å²) >= 11 is 0. The van der Waals surface area contributed by atoms with Gasteiger partial charge in [0.15, 0.2) is 5.82 Å². The highest BCUT2D eigenvalue weighted by molar-refractivity contribution is 7.92. The van der Waals surface area contributed by atoms with Crippen LogP contribution in [0.2, 0.25) is 0 Å². The van der Waals surface area contributed by atoms with Gasteiger partial charge in [-0.1, -0.05) is 0 Å². The molecule has 0 fully saturated rings. The van der Waals surface area contributed by atoms with Crippen LogP contribution < -0.4 is 9.46 Å².